The van der Waals surface area contributed by atoms with E-state index in [1.54, 1.807) is 0 Å². The molecule has 1 amide bonds. The molecule has 0 aromatic rings. The lowest BCUT2D eigenvalue weighted by atomic mass is 9.98. The van der Waals surface area contributed by atoms with E-state index in [9.17, 15) is 4.79 Å². The number of hydrogen-bond acceptors (Lipinski definition) is 4. The molecule has 2 aliphatic rings. The lowest BCUT2D eigenvalue weighted by Gasteiger charge is -2.21. The van der Waals surface area contributed by atoms with Gasteiger partial charge in [0.1, 0.15) is 6.10 Å². The minimum atomic E-state index is -0.504. The van der Waals surface area contributed by atoms with Crippen molar-refractivity contribution in [2.75, 3.05) is 24.7 Å². The average molecular weight is 273 g/mol. The zero-order chi connectivity index (χ0) is 13.0. The van der Waals surface area contributed by atoms with Gasteiger partial charge in [-0.2, -0.15) is 11.8 Å². The standard InChI is InChI=1S/C13H23NO3S/c1-13(2)16-9-11(17-13)8-14-12(15)7-10-3-5-18-6-4-10/h10-11H,3-9H2,1-2H3,(H,14,15). The van der Waals surface area contributed by atoms with Gasteiger partial charge in [0.15, 0.2) is 5.79 Å². The molecule has 104 valence electrons. The van der Waals surface area contributed by atoms with Crippen molar-refractivity contribution < 1.29 is 14.3 Å². The van der Waals surface area contributed by atoms with Crippen LogP contribution < -0.4 is 5.32 Å². The van der Waals surface area contributed by atoms with Crippen LogP contribution in [0.25, 0.3) is 0 Å². The van der Waals surface area contributed by atoms with Gasteiger partial charge >= 0.3 is 0 Å². The first kappa shape index (κ1) is 14.2. The minimum Gasteiger partial charge on any atom is -0.353 e. The number of nitrogens with one attached hydrogen (secondary N) is 1. The average Bonchev–Trinajstić information content (AvgIpc) is 2.68. The van der Waals surface area contributed by atoms with Crippen molar-refractivity contribution in [3.05, 3.63) is 0 Å². The molecule has 1 N–H and O–H groups in total. The number of thioether (sulfide) groups is 1. The zero-order valence-corrected chi connectivity index (χ0v) is 12.1. The van der Waals surface area contributed by atoms with E-state index in [0.717, 1.165) is 0 Å². The van der Waals surface area contributed by atoms with Crippen molar-refractivity contribution in [3.8, 4) is 0 Å². The van der Waals surface area contributed by atoms with Crippen LogP contribution in [0.1, 0.15) is 33.1 Å². The van der Waals surface area contributed by atoms with E-state index in [4.69, 9.17) is 9.47 Å². The third-order valence-electron chi connectivity index (χ3n) is 3.41. The topological polar surface area (TPSA) is 47.6 Å². The van der Waals surface area contributed by atoms with Crippen LogP contribution in [0.15, 0.2) is 0 Å². The van der Waals surface area contributed by atoms with Gasteiger partial charge in [-0.15, -0.1) is 0 Å². The zero-order valence-electron chi connectivity index (χ0n) is 11.2. The molecule has 0 aromatic heterocycles. The summed E-state index contributed by atoms with van der Waals surface area (Å²) < 4.78 is 11.1. The normalized spacial score (nSPS) is 28.2. The molecule has 0 bridgehead atoms. The third-order valence-corrected chi connectivity index (χ3v) is 4.46. The maximum absolute atomic E-state index is 11.8. The SMILES string of the molecule is CC1(C)OCC(CNC(=O)CC2CCSCC2)O1. The molecule has 5 heteroatoms. The van der Waals surface area contributed by atoms with Crippen LogP contribution in [0, 0.1) is 5.92 Å². The highest BCUT2D eigenvalue weighted by Crippen LogP contribution is 2.25. The summed E-state index contributed by atoms with van der Waals surface area (Å²) in [5, 5.41) is 2.96. The highest BCUT2D eigenvalue weighted by Gasteiger charge is 2.32. The number of amides is 1. The fourth-order valence-electron chi connectivity index (χ4n) is 2.38. The minimum absolute atomic E-state index is 0.00846. The monoisotopic (exact) mass is 273 g/mol. The predicted octanol–water partition coefficient (Wildman–Crippen LogP) is 1.79. The summed E-state index contributed by atoms with van der Waals surface area (Å²) in [6.07, 6.45) is 3.01. The molecule has 0 saturated carbocycles. The number of carbonyl (C=O) groups excluding carboxylic acids is 1. The fourth-order valence-corrected chi connectivity index (χ4v) is 3.58. The van der Waals surface area contributed by atoms with Gasteiger partial charge in [0.25, 0.3) is 0 Å². The molecule has 2 saturated heterocycles. The van der Waals surface area contributed by atoms with Crippen molar-refractivity contribution in [1.82, 2.24) is 5.32 Å². The van der Waals surface area contributed by atoms with E-state index in [2.05, 4.69) is 5.32 Å². The largest absolute Gasteiger partial charge is 0.353 e. The Bertz CT molecular complexity index is 290. The van der Waals surface area contributed by atoms with E-state index in [0.29, 0.717) is 25.5 Å². The molecule has 2 heterocycles. The summed E-state index contributed by atoms with van der Waals surface area (Å²) >= 11 is 1.99. The van der Waals surface area contributed by atoms with Gasteiger partial charge in [0.05, 0.1) is 6.61 Å². The van der Waals surface area contributed by atoms with E-state index in [1.165, 1.54) is 24.3 Å². The van der Waals surface area contributed by atoms with Gasteiger partial charge in [-0.25, -0.2) is 0 Å². The third kappa shape index (κ3) is 4.44. The lowest BCUT2D eigenvalue weighted by Crippen LogP contribution is -2.35. The van der Waals surface area contributed by atoms with E-state index >= 15 is 0 Å². The van der Waals surface area contributed by atoms with Crippen LogP contribution in [0.3, 0.4) is 0 Å². The molecule has 2 fully saturated rings. The van der Waals surface area contributed by atoms with E-state index in [1.807, 2.05) is 25.6 Å². The summed E-state index contributed by atoms with van der Waals surface area (Å²) in [6, 6.07) is 0. The highest BCUT2D eigenvalue weighted by molar-refractivity contribution is 7.99. The molecule has 1 unspecified atom stereocenters. The Morgan fingerprint density at radius 2 is 2.11 bits per heavy atom. The van der Waals surface area contributed by atoms with Gasteiger partial charge in [-0.05, 0) is 44.1 Å². The Morgan fingerprint density at radius 1 is 1.39 bits per heavy atom. The smallest absolute Gasteiger partial charge is 0.220 e. The van der Waals surface area contributed by atoms with Crippen LogP contribution in [-0.2, 0) is 14.3 Å². The molecule has 2 rings (SSSR count). The predicted molar refractivity (Wildman–Crippen MR) is 72.6 cm³/mol. The lowest BCUT2D eigenvalue weighted by molar-refractivity contribution is -0.139. The van der Waals surface area contributed by atoms with Crippen LogP contribution >= 0.6 is 11.8 Å². The Hall–Kier alpha value is -0.260. The van der Waals surface area contributed by atoms with Crippen molar-refractivity contribution in [2.24, 2.45) is 5.92 Å². The maximum Gasteiger partial charge on any atom is 0.220 e. The van der Waals surface area contributed by atoms with Crippen LogP contribution in [0.2, 0.25) is 0 Å². The summed E-state index contributed by atoms with van der Waals surface area (Å²) in [7, 11) is 0. The molecule has 18 heavy (non-hydrogen) atoms. The molecular weight excluding hydrogens is 250 g/mol. The van der Waals surface area contributed by atoms with Crippen LogP contribution in [-0.4, -0.2) is 42.5 Å². The molecule has 1 atom stereocenters. The Labute approximate surface area is 113 Å². The molecular formula is C13H23NO3S. The molecule has 2 aliphatic heterocycles. The number of rotatable bonds is 4. The Balaban J connectivity index is 1.63. The number of hydrogen-bond donors (Lipinski definition) is 1. The number of ether oxygens (including phenoxy) is 2. The van der Waals surface area contributed by atoms with Crippen LogP contribution in [0.5, 0.6) is 0 Å². The number of carbonyl (C=O) groups is 1. The molecule has 0 spiro atoms. The van der Waals surface area contributed by atoms with Crippen molar-refractivity contribution >= 4 is 17.7 Å². The maximum atomic E-state index is 11.8. The summed E-state index contributed by atoms with van der Waals surface area (Å²) in [5.74, 6) is 2.62. The molecule has 0 radical (unpaired) electrons. The Morgan fingerprint density at radius 3 is 2.72 bits per heavy atom. The van der Waals surface area contributed by atoms with Gasteiger partial charge in [-0.3, -0.25) is 4.79 Å². The van der Waals surface area contributed by atoms with E-state index in [-0.39, 0.29) is 12.0 Å². The molecule has 0 aromatic carbocycles. The van der Waals surface area contributed by atoms with Crippen LogP contribution in [0.4, 0.5) is 0 Å². The second-order valence-corrected chi connectivity index (χ2v) is 6.74. The van der Waals surface area contributed by atoms with Crippen molar-refractivity contribution in [3.63, 3.8) is 0 Å². The summed E-state index contributed by atoms with van der Waals surface area (Å²) in [5.41, 5.74) is 0. The van der Waals surface area contributed by atoms with E-state index < -0.39 is 5.79 Å². The first-order valence-corrected chi connectivity index (χ1v) is 7.87. The van der Waals surface area contributed by atoms with Gasteiger partial charge in [0.2, 0.25) is 5.91 Å². The van der Waals surface area contributed by atoms with Crippen molar-refractivity contribution in [1.29, 1.82) is 0 Å². The molecule has 0 aliphatic carbocycles. The molecule has 4 nitrogen and oxygen atoms in total. The van der Waals surface area contributed by atoms with Gasteiger partial charge < -0.3 is 14.8 Å². The van der Waals surface area contributed by atoms with Crippen molar-refractivity contribution in [2.45, 2.75) is 45.0 Å². The summed E-state index contributed by atoms with van der Waals surface area (Å²) in [6.45, 7) is 4.92. The highest BCUT2D eigenvalue weighted by atomic mass is 32.2. The first-order chi connectivity index (χ1) is 8.55. The Kier molecular flexibility index (Phi) is 4.92. The quantitative estimate of drug-likeness (QED) is 0.848. The summed E-state index contributed by atoms with van der Waals surface area (Å²) in [4.78, 5) is 11.8. The fraction of sp³-hybridized carbons (Fsp3) is 0.923. The van der Waals surface area contributed by atoms with Gasteiger partial charge in [-0.1, -0.05) is 0 Å². The second-order valence-electron chi connectivity index (χ2n) is 5.51. The first-order valence-electron chi connectivity index (χ1n) is 6.71. The second kappa shape index (κ2) is 6.26. The van der Waals surface area contributed by atoms with Gasteiger partial charge in [0, 0.05) is 13.0 Å².